The highest BCUT2D eigenvalue weighted by Crippen LogP contribution is 2.32. The van der Waals surface area contributed by atoms with E-state index < -0.39 is 24.2 Å². The molecule has 0 aromatic heterocycles. The lowest BCUT2D eigenvalue weighted by molar-refractivity contribution is -0.149. The smallest absolute Gasteiger partial charge is 0.327 e. The predicted octanol–water partition coefficient (Wildman–Crippen LogP) is -0.526. The summed E-state index contributed by atoms with van der Waals surface area (Å²) in [5.41, 5.74) is 0. The fourth-order valence-corrected chi connectivity index (χ4v) is 3.80. The number of thioether (sulfide) groups is 1. The first-order valence-electron chi connectivity index (χ1n) is 6.12. The van der Waals surface area contributed by atoms with E-state index in [1.165, 1.54) is 16.7 Å². The molecule has 2 saturated heterocycles. The summed E-state index contributed by atoms with van der Waals surface area (Å²) in [6, 6.07) is -1.19. The molecular weight excluding hydrogens is 256 g/mol. The van der Waals surface area contributed by atoms with E-state index in [1.54, 1.807) is 0 Å². The molecule has 2 heterocycles. The molecule has 0 spiro atoms. The van der Waals surface area contributed by atoms with Crippen LogP contribution in [0.25, 0.3) is 0 Å². The van der Waals surface area contributed by atoms with Gasteiger partial charge in [-0.3, -0.25) is 4.79 Å². The third-order valence-corrected chi connectivity index (χ3v) is 4.84. The number of carboxylic acids is 1. The lowest BCUT2D eigenvalue weighted by Gasteiger charge is -2.29. The van der Waals surface area contributed by atoms with E-state index in [2.05, 4.69) is 5.32 Å². The van der Waals surface area contributed by atoms with Gasteiger partial charge in [-0.1, -0.05) is 6.92 Å². The number of aliphatic hydroxyl groups is 1. The fraction of sp³-hybridized carbons (Fsp3) is 0.818. The third kappa shape index (κ3) is 2.48. The minimum atomic E-state index is -0.953. The molecule has 2 fully saturated rings. The van der Waals surface area contributed by atoms with Crippen molar-refractivity contribution in [3.8, 4) is 0 Å². The van der Waals surface area contributed by atoms with Gasteiger partial charge < -0.3 is 20.4 Å². The summed E-state index contributed by atoms with van der Waals surface area (Å²) < 4.78 is 0. The van der Waals surface area contributed by atoms with Crippen LogP contribution in [0.5, 0.6) is 0 Å². The molecule has 4 atom stereocenters. The average Bonchev–Trinajstić information content (AvgIpc) is 2.93. The Bertz CT molecular complexity index is 352. The Morgan fingerprint density at radius 2 is 2.22 bits per heavy atom. The van der Waals surface area contributed by atoms with Gasteiger partial charge in [-0.05, 0) is 12.8 Å². The monoisotopic (exact) mass is 274 g/mol. The average molecular weight is 274 g/mol. The Morgan fingerprint density at radius 1 is 1.50 bits per heavy atom. The van der Waals surface area contributed by atoms with Gasteiger partial charge in [0.1, 0.15) is 6.04 Å². The number of rotatable bonds is 3. The highest BCUT2D eigenvalue weighted by atomic mass is 32.2. The van der Waals surface area contributed by atoms with Crippen LogP contribution in [0.2, 0.25) is 0 Å². The molecular formula is C11H18N2O4S. The number of carboxylic acid groups (broad SMARTS) is 1. The molecule has 0 saturated carbocycles. The number of aliphatic hydroxyl groups excluding tert-OH is 1. The van der Waals surface area contributed by atoms with Gasteiger partial charge in [0, 0.05) is 12.3 Å². The standard InChI is InChI=1S/C11H18N2O4S/c1-2-9-13(8(5-18-9)11(16)17)10(15)7-3-6(14)4-12-7/h6-9,12,14H,2-5H2,1H3,(H,16,17). The van der Waals surface area contributed by atoms with Gasteiger partial charge in [0.15, 0.2) is 0 Å². The largest absolute Gasteiger partial charge is 0.480 e. The molecule has 4 unspecified atom stereocenters. The fourth-order valence-electron chi connectivity index (χ4n) is 2.45. The number of carbonyl (C=O) groups is 2. The molecule has 0 aliphatic carbocycles. The Balaban J connectivity index is 2.11. The van der Waals surface area contributed by atoms with Crippen molar-refractivity contribution in [2.45, 2.75) is 43.3 Å². The van der Waals surface area contributed by atoms with Crippen molar-refractivity contribution in [1.82, 2.24) is 10.2 Å². The third-order valence-electron chi connectivity index (χ3n) is 3.39. The second kappa shape index (κ2) is 5.46. The highest BCUT2D eigenvalue weighted by Gasteiger charge is 2.44. The van der Waals surface area contributed by atoms with Gasteiger partial charge in [0.2, 0.25) is 5.91 Å². The first-order chi connectivity index (χ1) is 8.54. The number of amides is 1. The van der Waals surface area contributed by atoms with Crippen LogP contribution in [0.3, 0.4) is 0 Å². The van der Waals surface area contributed by atoms with E-state index in [1.807, 2.05) is 6.92 Å². The van der Waals surface area contributed by atoms with E-state index in [0.717, 1.165) is 6.42 Å². The van der Waals surface area contributed by atoms with Crippen LogP contribution in [-0.4, -0.2) is 62.8 Å². The molecule has 2 aliphatic rings. The second-order valence-corrected chi connectivity index (χ2v) is 5.86. The van der Waals surface area contributed by atoms with Gasteiger partial charge in [-0.2, -0.15) is 0 Å². The Kier molecular flexibility index (Phi) is 4.14. The number of carbonyl (C=O) groups excluding carboxylic acids is 1. The van der Waals surface area contributed by atoms with Crippen molar-refractivity contribution < 1.29 is 19.8 Å². The zero-order valence-electron chi connectivity index (χ0n) is 10.2. The number of hydrogen-bond acceptors (Lipinski definition) is 5. The van der Waals surface area contributed by atoms with Crippen molar-refractivity contribution in [3.63, 3.8) is 0 Å². The summed E-state index contributed by atoms with van der Waals surface area (Å²) in [5, 5.41) is 21.5. The van der Waals surface area contributed by atoms with Crippen molar-refractivity contribution in [1.29, 1.82) is 0 Å². The van der Waals surface area contributed by atoms with Crippen LogP contribution in [0.15, 0.2) is 0 Å². The minimum Gasteiger partial charge on any atom is -0.480 e. The summed E-state index contributed by atoms with van der Waals surface area (Å²) >= 11 is 1.51. The molecule has 6 nitrogen and oxygen atoms in total. The molecule has 0 aromatic carbocycles. The molecule has 7 heteroatoms. The first-order valence-corrected chi connectivity index (χ1v) is 7.17. The zero-order valence-corrected chi connectivity index (χ0v) is 11.0. The number of β-amino-alcohol motifs (C(OH)–C–C–N with tert-alkyl or cyclic N) is 1. The summed E-state index contributed by atoms with van der Waals surface area (Å²) in [7, 11) is 0. The maximum atomic E-state index is 12.4. The van der Waals surface area contributed by atoms with Crippen LogP contribution in [0, 0.1) is 0 Å². The van der Waals surface area contributed by atoms with Crippen molar-refractivity contribution in [2.24, 2.45) is 0 Å². The maximum Gasteiger partial charge on any atom is 0.327 e. The van der Waals surface area contributed by atoms with Crippen LogP contribution >= 0.6 is 11.8 Å². The summed E-state index contributed by atoms with van der Waals surface area (Å²) in [6.07, 6.45) is 0.579. The zero-order chi connectivity index (χ0) is 13.3. The van der Waals surface area contributed by atoms with E-state index in [0.29, 0.717) is 18.7 Å². The molecule has 2 rings (SSSR count). The Labute approximate surface area is 110 Å². The SMILES string of the molecule is CCC1SCC(C(=O)O)N1C(=O)C1CC(O)CN1. The highest BCUT2D eigenvalue weighted by molar-refractivity contribution is 8.00. The number of aliphatic carboxylic acids is 1. The first kappa shape index (κ1) is 13.6. The van der Waals surface area contributed by atoms with Crippen LogP contribution < -0.4 is 5.32 Å². The lowest BCUT2D eigenvalue weighted by atomic mass is 10.1. The molecule has 0 aromatic rings. The minimum absolute atomic E-state index is 0.0712. The molecule has 1 amide bonds. The van der Waals surface area contributed by atoms with Gasteiger partial charge >= 0.3 is 5.97 Å². The second-order valence-electron chi connectivity index (χ2n) is 4.65. The van der Waals surface area contributed by atoms with Crippen molar-refractivity contribution in [2.75, 3.05) is 12.3 Å². The summed E-state index contributed by atoms with van der Waals surface area (Å²) in [4.78, 5) is 25.0. The van der Waals surface area contributed by atoms with Crippen molar-refractivity contribution in [3.05, 3.63) is 0 Å². The molecule has 0 radical (unpaired) electrons. The van der Waals surface area contributed by atoms with Gasteiger partial charge in [0.05, 0.1) is 17.5 Å². The van der Waals surface area contributed by atoms with Gasteiger partial charge in [-0.15, -0.1) is 11.8 Å². The van der Waals surface area contributed by atoms with Crippen LogP contribution in [0.1, 0.15) is 19.8 Å². The maximum absolute atomic E-state index is 12.4. The van der Waals surface area contributed by atoms with E-state index >= 15 is 0 Å². The molecule has 0 bridgehead atoms. The topological polar surface area (TPSA) is 89.9 Å². The Hall–Kier alpha value is -0.790. The van der Waals surface area contributed by atoms with E-state index in [-0.39, 0.29) is 11.3 Å². The molecule has 3 N–H and O–H groups in total. The lowest BCUT2D eigenvalue weighted by Crippen LogP contribution is -2.51. The van der Waals surface area contributed by atoms with Gasteiger partial charge in [-0.25, -0.2) is 4.79 Å². The summed E-state index contributed by atoms with van der Waals surface area (Å²) in [5.74, 6) is -0.712. The predicted molar refractivity (Wildman–Crippen MR) is 67.2 cm³/mol. The molecule has 18 heavy (non-hydrogen) atoms. The number of hydrogen-bond donors (Lipinski definition) is 3. The van der Waals surface area contributed by atoms with E-state index in [9.17, 15) is 14.7 Å². The van der Waals surface area contributed by atoms with Crippen LogP contribution in [0.4, 0.5) is 0 Å². The summed E-state index contributed by atoms with van der Waals surface area (Å²) in [6.45, 7) is 2.34. The van der Waals surface area contributed by atoms with Gasteiger partial charge in [0.25, 0.3) is 0 Å². The molecule has 2 aliphatic heterocycles. The number of nitrogens with zero attached hydrogens (tertiary/aromatic N) is 1. The Morgan fingerprint density at radius 3 is 2.72 bits per heavy atom. The van der Waals surface area contributed by atoms with Crippen LogP contribution in [-0.2, 0) is 9.59 Å². The van der Waals surface area contributed by atoms with Crippen molar-refractivity contribution >= 4 is 23.6 Å². The van der Waals surface area contributed by atoms with E-state index in [4.69, 9.17) is 5.11 Å². The normalized spacial score (nSPS) is 36.0. The molecule has 102 valence electrons. The quantitative estimate of drug-likeness (QED) is 0.641. The number of nitrogens with one attached hydrogen (secondary N) is 1.